The van der Waals surface area contributed by atoms with Crippen LogP contribution in [-0.2, 0) is 20.7 Å². The fraction of sp³-hybridized carbons (Fsp3) is 0.650. The minimum absolute atomic E-state index is 0.000686. The van der Waals surface area contributed by atoms with Gasteiger partial charge in [0.05, 0.1) is 19.3 Å². The average Bonchev–Trinajstić information content (AvgIpc) is 3.31. The first-order valence-corrected chi connectivity index (χ1v) is 9.39. The number of benzene rings is 1. The van der Waals surface area contributed by atoms with Crippen LogP contribution in [0.1, 0.15) is 31.7 Å². The number of ether oxygens (including phenoxy) is 2. The second-order valence-corrected chi connectivity index (χ2v) is 7.58. The number of aliphatic hydroxyl groups is 1. The molecule has 2 aliphatic heterocycles. The van der Waals surface area contributed by atoms with Gasteiger partial charge in [-0.2, -0.15) is 0 Å². The van der Waals surface area contributed by atoms with Crippen molar-refractivity contribution in [3.05, 3.63) is 35.6 Å². The molecule has 2 saturated heterocycles. The molecule has 2 heterocycles. The largest absolute Gasteiger partial charge is 0.396 e. The Balaban J connectivity index is 1.54. The van der Waals surface area contributed by atoms with E-state index in [9.17, 15) is 14.3 Å². The van der Waals surface area contributed by atoms with Crippen LogP contribution < -0.4 is 0 Å². The molecule has 0 bridgehead atoms. The molecule has 3 atom stereocenters. The van der Waals surface area contributed by atoms with E-state index < -0.39 is 6.10 Å². The van der Waals surface area contributed by atoms with Gasteiger partial charge in [0.15, 0.2) is 0 Å². The van der Waals surface area contributed by atoms with Gasteiger partial charge in [0, 0.05) is 25.1 Å². The van der Waals surface area contributed by atoms with E-state index in [-0.39, 0.29) is 29.9 Å². The monoisotopic (exact) mass is 365 g/mol. The summed E-state index contributed by atoms with van der Waals surface area (Å²) < 4.78 is 24.3. The number of likely N-dealkylation sites (tertiary alicyclic amines) is 1. The molecule has 1 aromatic carbocycles. The maximum absolute atomic E-state index is 13.1. The lowest BCUT2D eigenvalue weighted by atomic mass is 9.81. The first-order valence-electron chi connectivity index (χ1n) is 9.39. The van der Waals surface area contributed by atoms with E-state index >= 15 is 0 Å². The van der Waals surface area contributed by atoms with Crippen molar-refractivity contribution in [2.45, 2.75) is 44.8 Å². The van der Waals surface area contributed by atoms with E-state index in [0.717, 1.165) is 31.4 Å². The quantitative estimate of drug-likeness (QED) is 0.805. The SMILES string of the molecule is CC(OCC1CCCO1)C(=O)N1CCC(CO)(Cc2ccc(F)cc2)C1. The summed E-state index contributed by atoms with van der Waals surface area (Å²) in [5, 5.41) is 9.96. The second kappa shape index (κ2) is 8.46. The Kier molecular flexibility index (Phi) is 6.27. The van der Waals surface area contributed by atoms with E-state index in [4.69, 9.17) is 9.47 Å². The lowest BCUT2D eigenvalue weighted by molar-refractivity contribution is -0.144. The molecule has 1 N–H and O–H groups in total. The average molecular weight is 365 g/mol. The molecule has 3 unspecified atom stereocenters. The first-order chi connectivity index (χ1) is 12.5. The van der Waals surface area contributed by atoms with Crippen LogP contribution in [0.25, 0.3) is 0 Å². The number of hydrogen-bond donors (Lipinski definition) is 1. The topological polar surface area (TPSA) is 59.0 Å². The summed E-state index contributed by atoms with van der Waals surface area (Å²) >= 11 is 0. The molecule has 0 saturated carbocycles. The zero-order chi connectivity index (χ0) is 18.6. The summed E-state index contributed by atoms with van der Waals surface area (Å²) in [5.41, 5.74) is 0.597. The molecular weight excluding hydrogens is 337 g/mol. The third-order valence-corrected chi connectivity index (χ3v) is 5.48. The zero-order valence-corrected chi connectivity index (χ0v) is 15.3. The van der Waals surface area contributed by atoms with Gasteiger partial charge in [-0.15, -0.1) is 0 Å². The summed E-state index contributed by atoms with van der Waals surface area (Å²) in [5.74, 6) is -0.315. The maximum atomic E-state index is 13.1. The number of hydrogen-bond acceptors (Lipinski definition) is 4. The molecule has 0 radical (unpaired) electrons. The molecule has 2 aliphatic rings. The van der Waals surface area contributed by atoms with E-state index in [1.807, 2.05) is 0 Å². The fourth-order valence-electron chi connectivity index (χ4n) is 3.84. The number of nitrogens with zero attached hydrogens (tertiary/aromatic N) is 1. The molecule has 2 fully saturated rings. The highest BCUT2D eigenvalue weighted by atomic mass is 19.1. The van der Waals surface area contributed by atoms with Crippen molar-refractivity contribution in [2.24, 2.45) is 5.41 Å². The van der Waals surface area contributed by atoms with Crippen LogP contribution in [-0.4, -0.2) is 61.0 Å². The van der Waals surface area contributed by atoms with Crippen molar-refractivity contribution in [3.63, 3.8) is 0 Å². The normalized spacial score (nSPS) is 27.0. The van der Waals surface area contributed by atoms with Gasteiger partial charge in [-0.3, -0.25) is 4.79 Å². The number of aliphatic hydroxyl groups excluding tert-OH is 1. The van der Waals surface area contributed by atoms with E-state index in [1.165, 1.54) is 12.1 Å². The molecule has 0 aromatic heterocycles. The van der Waals surface area contributed by atoms with E-state index in [2.05, 4.69) is 0 Å². The molecule has 0 aliphatic carbocycles. The van der Waals surface area contributed by atoms with Gasteiger partial charge in [0.25, 0.3) is 5.91 Å². The van der Waals surface area contributed by atoms with Crippen LogP contribution in [0.3, 0.4) is 0 Å². The molecule has 6 heteroatoms. The standard InChI is InChI=1S/C20H28FNO4/c1-15(26-12-18-3-2-10-25-18)19(24)22-9-8-20(13-22,14-23)11-16-4-6-17(21)7-5-16/h4-7,15,18,23H,2-3,8-14H2,1H3. The van der Waals surface area contributed by atoms with Gasteiger partial charge in [-0.25, -0.2) is 4.39 Å². The van der Waals surface area contributed by atoms with Crippen LogP contribution in [0.5, 0.6) is 0 Å². The van der Waals surface area contributed by atoms with E-state index in [1.54, 1.807) is 24.0 Å². The van der Waals surface area contributed by atoms with E-state index in [0.29, 0.717) is 26.1 Å². The van der Waals surface area contributed by atoms with Gasteiger partial charge in [-0.1, -0.05) is 12.1 Å². The highest BCUT2D eigenvalue weighted by molar-refractivity contribution is 5.80. The van der Waals surface area contributed by atoms with Crippen molar-refractivity contribution >= 4 is 5.91 Å². The van der Waals surface area contributed by atoms with Crippen LogP contribution in [0.15, 0.2) is 24.3 Å². The van der Waals surface area contributed by atoms with Crippen LogP contribution >= 0.6 is 0 Å². The second-order valence-electron chi connectivity index (χ2n) is 7.58. The molecular formula is C20H28FNO4. The Morgan fingerprint density at radius 3 is 2.88 bits per heavy atom. The fourth-order valence-corrected chi connectivity index (χ4v) is 3.84. The Hall–Kier alpha value is -1.50. The lowest BCUT2D eigenvalue weighted by Crippen LogP contribution is -2.41. The van der Waals surface area contributed by atoms with Crippen molar-refractivity contribution in [1.82, 2.24) is 4.90 Å². The number of rotatable bonds is 7. The molecule has 1 amide bonds. The van der Waals surface area contributed by atoms with Gasteiger partial charge in [0.1, 0.15) is 11.9 Å². The van der Waals surface area contributed by atoms with Gasteiger partial charge in [-0.05, 0) is 50.3 Å². The molecule has 1 aromatic rings. The highest BCUT2D eigenvalue weighted by Crippen LogP contribution is 2.34. The smallest absolute Gasteiger partial charge is 0.251 e. The predicted molar refractivity (Wildman–Crippen MR) is 95.2 cm³/mol. The Labute approximate surface area is 154 Å². The maximum Gasteiger partial charge on any atom is 0.251 e. The third-order valence-electron chi connectivity index (χ3n) is 5.48. The Morgan fingerprint density at radius 1 is 1.46 bits per heavy atom. The Morgan fingerprint density at radius 2 is 2.23 bits per heavy atom. The minimum Gasteiger partial charge on any atom is -0.396 e. The third kappa shape index (κ3) is 4.61. The van der Waals surface area contributed by atoms with Gasteiger partial charge < -0.3 is 19.5 Å². The number of carbonyl (C=O) groups excluding carboxylic acids is 1. The lowest BCUT2D eigenvalue weighted by Gasteiger charge is -2.28. The molecule has 3 rings (SSSR count). The minimum atomic E-state index is -0.514. The van der Waals surface area contributed by atoms with Gasteiger partial charge >= 0.3 is 0 Å². The van der Waals surface area contributed by atoms with Crippen molar-refractivity contribution in [1.29, 1.82) is 0 Å². The van der Waals surface area contributed by atoms with Crippen molar-refractivity contribution in [2.75, 3.05) is 32.9 Å². The Bertz CT molecular complexity index is 602. The number of amides is 1. The summed E-state index contributed by atoms with van der Waals surface area (Å²) in [7, 11) is 0. The molecule has 144 valence electrons. The summed E-state index contributed by atoms with van der Waals surface area (Å²) in [4.78, 5) is 14.5. The first kappa shape index (κ1) is 19.3. The number of carbonyl (C=O) groups is 1. The van der Waals surface area contributed by atoms with Crippen LogP contribution in [0.4, 0.5) is 4.39 Å². The highest BCUT2D eigenvalue weighted by Gasteiger charge is 2.40. The molecule has 5 nitrogen and oxygen atoms in total. The molecule has 0 spiro atoms. The van der Waals surface area contributed by atoms with Crippen molar-refractivity contribution in [3.8, 4) is 0 Å². The summed E-state index contributed by atoms with van der Waals surface area (Å²) in [6, 6.07) is 6.34. The number of halogens is 1. The van der Waals surface area contributed by atoms with Crippen molar-refractivity contribution < 1.29 is 23.8 Å². The summed E-state index contributed by atoms with van der Waals surface area (Å²) in [6.45, 7) is 4.09. The van der Waals surface area contributed by atoms with Gasteiger partial charge in [0.2, 0.25) is 0 Å². The predicted octanol–water partition coefficient (Wildman–Crippen LogP) is 2.16. The zero-order valence-electron chi connectivity index (χ0n) is 15.3. The molecule has 26 heavy (non-hydrogen) atoms. The van der Waals surface area contributed by atoms with Crippen LogP contribution in [0.2, 0.25) is 0 Å². The summed E-state index contributed by atoms with van der Waals surface area (Å²) in [6.07, 6.45) is 2.96. The van der Waals surface area contributed by atoms with Crippen LogP contribution in [0, 0.1) is 11.2 Å².